The second-order valence-electron chi connectivity index (χ2n) is 5.51. The van der Waals surface area contributed by atoms with Gasteiger partial charge in [0.1, 0.15) is 6.92 Å². The van der Waals surface area contributed by atoms with E-state index >= 15 is 0 Å². The Morgan fingerprint density at radius 1 is 0.765 bits per heavy atom. The van der Waals surface area contributed by atoms with Crippen molar-refractivity contribution >= 4 is 0 Å². The summed E-state index contributed by atoms with van der Waals surface area (Å²) in [5, 5.41) is 0. The van der Waals surface area contributed by atoms with Gasteiger partial charge in [0.15, 0.2) is 0 Å². The van der Waals surface area contributed by atoms with E-state index < -0.39 is 0 Å². The lowest BCUT2D eigenvalue weighted by molar-refractivity contribution is -0.946. The van der Waals surface area contributed by atoms with Crippen molar-refractivity contribution in [3.05, 3.63) is 6.92 Å². The van der Waals surface area contributed by atoms with Crippen LogP contribution in [0, 0.1) is 6.92 Å². The maximum absolute atomic E-state index is 4.46. The standard InChI is InChI=1S/C16H35N/c1-6-10-13-17(14-11-7-2,15-12-8-3)16(5)9-4/h16H,5-15H2,1-4H3/q+2. The second kappa shape index (κ2) is 9.82. The van der Waals surface area contributed by atoms with Gasteiger partial charge in [0.25, 0.3) is 0 Å². The molecule has 17 heavy (non-hydrogen) atoms. The molecule has 0 saturated heterocycles. The topological polar surface area (TPSA) is 0 Å². The summed E-state index contributed by atoms with van der Waals surface area (Å²) in [7, 11) is 0. The average molecular weight is 241 g/mol. The molecule has 1 nitrogen and oxygen atoms in total. The Labute approximate surface area is 110 Å². The first-order valence-electron chi connectivity index (χ1n) is 7.85. The van der Waals surface area contributed by atoms with Crippen LogP contribution in [0.15, 0.2) is 0 Å². The van der Waals surface area contributed by atoms with Crippen molar-refractivity contribution < 1.29 is 4.48 Å². The Bertz CT molecular complexity index is 143. The fourth-order valence-corrected chi connectivity index (χ4v) is 2.69. The van der Waals surface area contributed by atoms with Crippen LogP contribution in [0.5, 0.6) is 0 Å². The number of unbranched alkanes of at least 4 members (excludes halogenated alkanes) is 3. The lowest BCUT2D eigenvalue weighted by Gasteiger charge is -2.40. The van der Waals surface area contributed by atoms with Crippen molar-refractivity contribution in [2.45, 2.75) is 78.7 Å². The molecule has 0 N–H and O–H groups in total. The van der Waals surface area contributed by atoms with E-state index in [2.05, 4.69) is 34.6 Å². The summed E-state index contributed by atoms with van der Waals surface area (Å²) in [6.45, 7) is 17.7. The molecule has 0 aliphatic rings. The third kappa shape index (κ3) is 5.81. The summed E-state index contributed by atoms with van der Waals surface area (Å²) in [5.41, 5.74) is 0. The van der Waals surface area contributed by atoms with E-state index in [0.717, 1.165) is 0 Å². The van der Waals surface area contributed by atoms with Gasteiger partial charge in [-0.05, 0) is 19.3 Å². The quantitative estimate of drug-likeness (QED) is 0.359. The molecule has 0 spiro atoms. The van der Waals surface area contributed by atoms with Crippen LogP contribution in [-0.4, -0.2) is 30.2 Å². The molecule has 0 aromatic carbocycles. The lowest BCUT2D eigenvalue weighted by atomic mass is 10.1. The molecule has 0 saturated carbocycles. The number of hydrogen-bond acceptors (Lipinski definition) is 0. The smallest absolute Gasteiger partial charge is 0.218 e. The van der Waals surface area contributed by atoms with Gasteiger partial charge in [0.05, 0.1) is 19.6 Å². The van der Waals surface area contributed by atoms with Gasteiger partial charge in [-0.15, -0.1) is 0 Å². The fourth-order valence-electron chi connectivity index (χ4n) is 2.69. The van der Waals surface area contributed by atoms with Gasteiger partial charge in [-0.25, -0.2) is 0 Å². The maximum Gasteiger partial charge on any atom is 0.218 e. The molecular weight excluding hydrogens is 206 g/mol. The van der Waals surface area contributed by atoms with Crippen LogP contribution in [0.3, 0.4) is 0 Å². The minimum absolute atomic E-state index is 0.597. The number of hydrogen-bond donors (Lipinski definition) is 0. The average Bonchev–Trinajstić information content (AvgIpc) is 2.37. The highest BCUT2D eigenvalue weighted by molar-refractivity contribution is 4.62. The van der Waals surface area contributed by atoms with E-state index in [1.165, 1.54) is 69.1 Å². The molecule has 0 aromatic heterocycles. The molecule has 0 bridgehead atoms. The van der Waals surface area contributed by atoms with Crippen LogP contribution < -0.4 is 0 Å². The van der Waals surface area contributed by atoms with E-state index in [1.54, 1.807) is 0 Å². The maximum atomic E-state index is 4.46. The SMILES string of the molecule is [CH2+]C(CC)[N+](CCCC)(CCCC)CCCC. The Hall–Kier alpha value is -0.170. The Balaban J connectivity index is 4.63. The predicted octanol–water partition coefficient (Wildman–Crippen LogP) is 4.82. The van der Waals surface area contributed by atoms with Crippen LogP contribution in [0.25, 0.3) is 0 Å². The van der Waals surface area contributed by atoms with E-state index in [1.807, 2.05) is 0 Å². The predicted molar refractivity (Wildman–Crippen MR) is 79.0 cm³/mol. The van der Waals surface area contributed by atoms with Gasteiger partial charge in [0.2, 0.25) is 6.04 Å². The third-order valence-electron chi connectivity index (χ3n) is 4.12. The molecule has 0 aliphatic heterocycles. The summed E-state index contributed by atoms with van der Waals surface area (Å²) in [4.78, 5) is 0. The van der Waals surface area contributed by atoms with Crippen molar-refractivity contribution in [2.24, 2.45) is 0 Å². The first-order valence-corrected chi connectivity index (χ1v) is 7.85. The number of nitrogens with zero attached hydrogens (tertiary/aromatic N) is 1. The van der Waals surface area contributed by atoms with E-state index in [0.29, 0.717) is 6.04 Å². The molecule has 0 aromatic rings. The van der Waals surface area contributed by atoms with E-state index in [4.69, 9.17) is 0 Å². The summed E-state index contributed by atoms with van der Waals surface area (Å²) < 4.78 is 1.28. The van der Waals surface area contributed by atoms with Crippen LogP contribution in [0.2, 0.25) is 0 Å². The van der Waals surface area contributed by atoms with Crippen molar-refractivity contribution in [3.63, 3.8) is 0 Å². The third-order valence-corrected chi connectivity index (χ3v) is 4.12. The van der Waals surface area contributed by atoms with Gasteiger partial charge in [0, 0.05) is 6.42 Å². The molecule has 0 rings (SSSR count). The molecule has 1 atom stereocenters. The van der Waals surface area contributed by atoms with Gasteiger partial charge < -0.3 is 0 Å². The minimum atomic E-state index is 0.597. The molecular formula is C16H35N+2. The molecule has 0 amide bonds. The first-order chi connectivity index (χ1) is 8.16. The van der Waals surface area contributed by atoms with Gasteiger partial charge in [-0.2, -0.15) is 0 Å². The second-order valence-corrected chi connectivity index (χ2v) is 5.51. The Kier molecular flexibility index (Phi) is 9.72. The highest BCUT2D eigenvalue weighted by Crippen LogP contribution is 2.21. The van der Waals surface area contributed by atoms with Crippen molar-refractivity contribution in [1.29, 1.82) is 0 Å². The van der Waals surface area contributed by atoms with Crippen LogP contribution in [0.1, 0.15) is 72.6 Å². The molecule has 1 heteroatoms. The monoisotopic (exact) mass is 241 g/mol. The van der Waals surface area contributed by atoms with E-state index in [9.17, 15) is 0 Å². The zero-order valence-electron chi connectivity index (χ0n) is 12.8. The minimum Gasteiger partial charge on any atom is -0.284 e. The Morgan fingerprint density at radius 2 is 1.12 bits per heavy atom. The van der Waals surface area contributed by atoms with E-state index in [-0.39, 0.29) is 0 Å². The zero-order chi connectivity index (χ0) is 13.1. The lowest BCUT2D eigenvalue weighted by Crippen LogP contribution is -2.55. The first kappa shape index (κ1) is 16.8. The summed E-state index contributed by atoms with van der Waals surface area (Å²) >= 11 is 0. The molecule has 0 heterocycles. The largest absolute Gasteiger partial charge is 0.284 e. The fraction of sp³-hybridized carbons (Fsp3) is 0.938. The van der Waals surface area contributed by atoms with Crippen molar-refractivity contribution in [3.8, 4) is 0 Å². The summed E-state index contributed by atoms with van der Waals surface area (Å²) in [6.07, 6.45) is 9.24. The normalized spacial score (nSPS) is 13.9. The molecule has 1 unspecified atom stereocenters. The van der Waals surface area contributed by atoms with Crippen molar-refractivity contribution in [1.82, 2.24) is 0 Å². The highest BCUT2D eigenvalue weighted by Gasteiger charge is 2.35. The van der Waals surface area contributed by atoms with Crippen LogP contribution in [0.4, 0.5) is 0 Å². The molecule has 0 radical (unpaired) electrons. The van der Waals surface area contributed by atoms with Crippen LogP contribution in [-0.2, 0) is 0 Å². The van der Waals surface area contributed by atoms with Crippen LogP contribution >= 0.6 is 0 Å². The number of quaternary nitrogens is 1. The Morgan fingerprint density at radius 3 is 1.35 bits per heavy atom. The van der Waals surface area contributed by atoms with Crippen molar-refractivity contribution in [2.75, 3.05) is 19.6 Å². The number of rotatable bonds is 11. The summed E-state index contributed by atoms with van der Waals surface area (Å²) in [6, 6.07) is 0.597. The highest BCUT2D eigenvalue weighted by atomic mass is 15.4. The van der Waals surface area contributed by atoms with Gasteiger partial charge in [-0.1, -0.05) is 47.0 Å². The molecule has 102 valence electrons. The van der Waals surface area contributed by atoms with Gasteiger partial charge in [-0.3, -0.25) is 4.48 Å². The molecule has 0 aliphatic carbocycles. The molecule has 0 fully saturated rings. The summed E-state index contributed by atoms with van der Waals surface area (Å²) in [5.74, 6) is 0. The van der Waals surface area contributed by atoms with Gasteiger partial charge >= 0.3 is 0 Å². The zero-order valence-corrected chi connectivity index (χ0v) is 12.8.